The van der Waals surface area contributed by atoms with Gasteiger partial charge in [0.2, 0.25) is 0 Å². The average molecular weight is 228 g/mol. The Kier molecular flexibility index (Phi) is 5.76. The van der Waals surface area contributed by atoms with E-state index >= 15 is 0 Å². The monoisotopic (exact) mass is 228 g/mol. The Morgan fingerprint density at radius 1 is 0.882 bits per heavy atom. The van der Waals surface area contributed by atoms with Gasteiger partial charge in [-0.25, -0.2) is 0 Å². The molecule has 0 aliphatic carbocycles. The number of benzene rings is 2. The number of rotatable bonds is 2. The minimum Gasteiger partial charge on any atom is -0.0656 e. The Morgan fingerprint density at radius 3 is 2.12 bits per heavy atom. The highest BCUT2D eigenvalue weighted by Gasteiger charge is 2.05. The standard InChI is InChI=1S/C14H16.C3H8/c1-3-11(2)13-10-6-8-12-7-4-5-9-14(12)13;1-3-2/h4-11H,3H2,1-2H3;3H2,1-2H3. The zero-order chi connectivity index (χ0) is 12.7. The van der Waals surface area contributed by atoms with Crippen molar-refractivity contribution < 1.29 is 0 Å². The summed E-state index contributed by atoms with van der Waals surface area (Å²) >= 11 is 0. The molecule has 92 valence electrons. The van der Waals surface area contributed by atoms with Crippen LogP contribution in [0.4, 0.5) is 0 Å². The van der Waals surface area contributed by atoms with Crippen molar-refractivity contribution in [3.63, 3.8) is 0 Å². The SMILES string of the molecule is CCC.CCC(C)c1cccc2ccccc12. The minimum atomic E-state index is 0.654. The first-order valence-corrected chi connectivity index (χ1v) is 6.72. The third-order valence-electron chi connectivity index (χ3n) is 2.97. The molecule has 1 atom stereocenters. The topological polar surface area (TPSA) is 0 Å². The summed E-state index contributed by atoms with van der Waals surface area (Å²) < 4.78 is 0. The molecule has 0 aliphatic heterocycles. The Balaban J connectivity index is 0.000000437. The van der Waals surface area contributed by atoms with Crippen LogP contribution in [0.15, 0.2) is 42.5 Å². The maximum atomic E-state index is 2.29. The second-order valence-corrected chi connectivity index (χ2v) is 4.58. The minimum absolute atomic E-state index is 0.654. The van der Waals surface area contributed by atoms with Crippen molar-refractivity contribution in [2.75, 3.05) is 0 Å². The zero-order valence-electron chi connectivity index (χ0n) is 11.5. The lowest BCUT2D eigenvalue weighted by Gasteiger charge is -2.12. The van der Waals surface area contributed by atoms with E-state index < -0.39 is 0 Å². The van der Waals surface area contributed by atoms with Crippen LogP contribution in [0.3, 0.4) is 0 Å². The maximum Gasteiger partial charge on any atom is -0.0149 e. The van der Waals surface area contributed by atoms with E-state index in [1.54, 1.807) is 0 Å². The van der Waals surface area contributed by atoms with E-state index in [0.717, 1.165) is 0 Å². The molecule has 2 aromatic rings. The lowest BCUT2D eigenvalue weighted by atomic mass is 9.93. The van der Waals surface area contributed by atoms with Crippen LogP contribution in [0, 0.1) is 0 Å². The Labute approximate surface area is 106 Å². The van der Waals surface area contributed by atoms with Crippen LogP contribution in [-0.4, -0.2) is 0 Å². The quantitative estimate of drug-likeness (QED) is 0.612. The van der Waals surface area contributed by atoms with E-state index in [9.17, 15) is 0 Å². The maximum absolute atomic E-state index is 2.29. The van der Waals surface area contributed by atoms with Gasteiger partial charge in [-0.2, -0.15) is 0 Å². The molecule has 0 saturated carbocycles. The van der Waals surface area contributed by atoms with Gasteiger partial charge in [0.25, 0.3) is 0 Å². The smallest absolute Gasteiger partial charge is 0.0149 e. The highest BCUT2D eigenvalue weighted by Crippen LogP contribution is 2.26. The first kappa shape index (κ1) is 13.8. The molecule has 2 aromatic carbocycles. The highest BCUT2D eigenvalue weighted by molar-refractivity contribution is 5.86. The van der Waals surface area contributed by atoms with Crippen molar-refractivity contribution in [1.82, 2.24) is 0 Å². The molecule has 17 heavy (non-hydrogen) atoms. The Hall–Kier alpha value is -1.30. The molecule has 0 radical (unpaired) electrons. The molecular formula is C17H24. The van der Waals surface area contributed by atoms with Crippen molar-refractivity contribution in [2.45, 2.75) is 46.5 Å². The van der Waals surface area contributed by atoms with E-state index in [2.05, 4.69) is 70.2 Å². The van der Waals surface area contributed by atoms with E-state index in [1.807, 2.05) is 0 Å². The second-order valence-electron chi connectivity index (χ2n) is 4.58. The molecule has 0 nitrogen and oxygen atoms in total. The highest BCUT2D eigenvalue weighted by atomic mass is 14.1. The molecule has 0 aromatic heterocycles. The van der Waals surface area contributed by atoms with Crippen LogP contribution < -0.4 is 0 Å². The number of hydrogen-bond acceptors (Lipinski definition) is 0. The lowest BCUT2D eigenvalue weighted by Crippen LogP contribution is -1.92. The molecule has 0 aliphatic rings. The van der Waals surface area contributed by atoms with Gasteiger partial charge in [0, 0.05) is 0 Å². The van der Waals surface area contributed by atoms with Gasteiger partial charge >= 0.3 is 0 Å². The van der Waals surface area contributed by atoms with Gasteiger partial charge in [-0.05, 0) is 28.7 Å². The predicted octanol–water partition coefficient (Wildman–Crippen LogP) is 5.77. The first-order chi connectivity index (χ1) is 8.24. The molecule has 0 bridgehead atoms. The molecule has 0 heteroatoms. The van der Waals surface area contributed by atoms with E-state index in [4.69, 9.17) is 0 Å². The van der Waals surface area contributed by atoms with Gasteiger partial charge in [-0.3, -0.25) is 0 Å². The summed E-state index contributed by atoms with van der Waals surface area (Å²) in [5, 5.41) is 2.76. The largest absolute Gasteiger partial charge is 0.0656 e. The molecule has 0 heterocycles. The van der Waals surface area contributed by atoms with Crippen LogP contribution >= 0.6 is 0 Å². The fourth-order valence-electron chi connectivity index (χ4n) is 1.90. The third-order valence-corrected chi connectivity index (χ3v) is 2.97. The summed E-state index contributed by atoms with van der Waals surface area (Å²) in [4.78, 5) is 0. The average Bonchev–Trinajstić information content (AvgIpc) is 2.38. The molecule has 0 spiro atoms. The molecule has 1 unspecified atom stereocenters. The number of fused-ring (bicyclic) bond motifs is 1. The van der Waals surface area contributed by atoms with Crippen molar-refractivity contribution in [3.8, 4) is 0 Å². The fourth-order valence-corrected chi connectivity index (χ4v) is 1.90. The summed E-state index contributed by atoms with van der Waals surface area (Å²) in [6.07, 6.45) is 2.45. The molecule has 0 saturated heterocycles. The van der Waals surface area contributed by atoms with Gasteiger partial charge in [-0.1, -0.05) is 76.6 Å². The van der Waals surface area contributed by atoms with E-state index in [-0.39, 0.29) is 0 Å². The second kappa shape index (κ2) is 7.11. The molecule has 0 fully saturated rings. The van der Waals surface area contributed by atoms with Crippen LogP contribution in [0.25, 0.3) is 10.8 Å². The van der Waals surface area contributed by atoms with Crippen LogP contribution in [0.1, 0.15) is 52.0 Å². The van der Waals surface area contributed by atoms with Crippen LogP contribution in [0.2, 0.25) is 0 Å². The predicted molar refractivity (Wildman–Crippen MR) is 78.6 cm³/mol. The fraction of sp³-hybridized carbons (Fsp3) is 0.412. The summed E-state index contributed by atoms with van der Waals surface area (Å²) in [5.41, 5.74) is 1.48. The van der Waals surface area contributed by atoms with Crippen molar-refractivity contribution in [1.29, 1.82) is 0 Å². The molecule has 2 rings (SSSR count). The van der Waals surface area contributed by atoms with Crippen molar-refractivity contribution in [3.05, 3.63) is 48.0 Å². The van der Waals surface area contributed by atoms with E-state index in [0.29, 0.717) is 5.92 Å². The van der Waals surface area contributed by atoms with Gasteiger partial charge in [0.05, 0.1) is 0 Å². The summed E-state index contributed by atoms with van der Waals surface area (Å²) in [6.45, 7) is 8.79. The molecular weight excluding hydrogens is 204 g/mol. The summed E-state index contributed by atoms with van der Waals surface area (Å²) in [7, 11) is 0. The van der Waals surface area contributed by atoms with Gasteiger partial charge in [-0.15, -0.1) is 0 Å². The number of hydrogen-bond donors (Lipinski definition) is 0. The van der Waals surface area contributed by atoms with Crippen molar-refractivity contribution in [2.24, 2.45) is 0 Å². The molecule has 0 amide bonds. The zero-order valence-corrected chi connectivity index (χ0v) is 11.5. The van der Waals surface area contributed by atoms with Crippen molar-refractivity contribution >= 4 is 10.8 Å². The normalized spacial score (nSPS) is 11.8. The lowest BCUT2D eigenvalue weighted by molar-refractivity contribution is 0.740. The summed E-state index contributed by atoms with van der Waals surface area (Å²) in [5.74, 6) is 0.654. The van der Waals surface area contributed by atoms with Crippen LogP contribution in [0.5, 0.6) is 0 Å². The first-order valence-electron chi connectivity index (χ1n) is 6.72. The van der Waals surface area contributed by atoms with Crippen LogP contribution in [-0.2, 0) is 0 Å². The Bertz CT molecular complexity index is 437. The van der Waals surface area contributed by atoms with Gasteiger partial charge < -0.3 is 0 Å². The molecule has 0 N–H and O–H groups in total. The van der Waals surface area contributed by atoms with E-state index in [1.165, 1.54) is 29.2 Å². The summed E-state index contributed by atoms with van der Waals surface area (Å²) in [6, 6.07) is 15.2. The third kappa shape index (κ3) is 3.59. The Morgan fingerprint density at radius 2 is 1.47 bits per heavy atom. The van der Waals surface area contributed by atoms with Gasteiger partial charge in [0.15, 0.2) is 0 Å². The van der Waals surface area contributed by atoms with Gasteiger partial charge in [0.1, 0.15) is 0 Å².